The van der Waals surface area contributed by atoms with E-state index in [1.54, 1.807) is 18.2 Å². The van der Waals surface area contributed by atoms with E-state index in [-0.39, 0.29) is 22.8 Å². The number of carbonyl (C=O) groups excluding carboxylic acids is 1. The third-order valence-corrected chi connectivity index (χ3v) is 3.02. The molecule has 20 heavy (non-hydrogen) atoms. The second-order valence-electron chi connectivity index (χ2n) is 4.14. The molecule has 104 valence electrons. The Kier molecular flexibility index (Phi) is 4.20. The van der Waals surface area contributed by atoms with Crippen LogP contribution in [0.25, 0.3) is 0 Å². The molecule has 3 nitrogen and oxygen atoms in total. The maximum atomic E-state index is 13.0. The first-order valence-corrected chi connectivity index (χ1v) is 6.13. The third-order valence-electron chi connectivity index (χ3n) is 2.71. The zero-order valence-electron chi connectivity index (χ0n) is 10.3. The highest BCUT2D eigenvalue weighted by Gasteiger charge is 2.13. The molecule has 3 N–H and O–H groups in total. The molecule has 0 spiro atoms. The number of nitrogens with one attached hydrogen (secondary N) is 1. The van der Waals surface area contributed by atoms with Gasteiger partial charge in [0.05, 0.1) is 10.6 Å². The standard InChI is InChI=1S/C14H11ClF2N2O/c15-9-2-1-3-12(18)13(9)14(20)19-7-8-4-5-10(16)11(17)6-8/h1-6H,7,18H2,(H,19,20). The SMILES string of the molecule is Nc1cccc(Cl)c1C(=O)NCc1ccc(F)c(F)c1. The normalized spacial score (nSPS) is 10.3. The van der Waals surface area contributed by atoms with Crippen molar-refractivity contribution in [3.05, 3.63) is 64.2 Å². The van der Waals surface area contributed by atoms with E-state index < -0.39 is 17.5 Å². The smallest absolute Gasteiger partial charge is 0.255 e. The summed E-state index contributed by atoms with van der Waals surface area (Å²) in [5, 5.41) is 2.78. The minimum Gasteiger partial charge on any atom is -0.398 e. The van der Waals surface area contributed by atoms with Crippen molar-refractivity contribution in [3.63, 3.8) is 0 Å². The van der Waals surface area contributed by atoms with Crippen molar-refractivity contribution in [2.75, 3.05) is 5.73 Å². The largest absolute Gasteiger partial charge is 0.398 e. The van der Waals surface area contributed by atoms with Gasteiger partial charge in [-0.15, -0.1) is 0 Å². The van der Waals surface area contributed by atoms with E-state index in [1.807, 2.05) is 0 Å². The van der Waals surface area contributed by atoms with Gasteiger partial charge in [-0.25, -0.2) is 8.78 Å². The molecule has 2 aromatic rings. The average Bonchev–Trinajstić information content (AvgIpc) is 2.40. The molecule has 0 aliphatic heterocycles. The number of nitrogen functional groups attached to an aromatic ring is 1. The molecule has 0 radical (unpaired) electrons. The number of carbonyl (C=O) groups is 1. The summed E-state index contributed by atoms with van der Waals surface area (Å²) in [6.07, 6.45) is 0. The van der Waals surface area contributed by atoms with Crippen molar-refractivity contribution in [1.82, 2.24) is 5.32 Å². The van der Waals surface area contributed by atoms with E-state index in [2.05, 4.69) is 5.32 Å². The zero-order chi connectivity index (χ0) is 14.7. The summed E-state index contributed by atoms with van der Waals surface area (Å²) in [5.74, 6) is -2.37. The van der Waals surface area contributed by atoms with E-state index in [0.717, 1.165) is 12.1 Å². The van der Waals surface area contributed by atoms with Crippen LogP contribution >= 0.6 is 11.6 Å². The van der Waals surface area contributed by atoms with Crippen molar-refractivity contribution in [2.24, 2.45) is 0 Å². The van der Waals surface area contributed by atoms with Gasteiger partial charge in [-0.2, -0.15) is 0 Å². The molecule has 0 aliphatic carbocycles. The number of halogens is 3. The second kappa shape index (κ2) is 5.88. The number of benzene rings is 2. The zero-order valence-corrected chi connectivity index (χ0v) is 11.0. The Bertz CT molecular complexity index is 641. The van der Waals surface area contributed by atoms with E-state index in [1.165, 1.54) is 6.07 Å². The van der Waals surface area contributed by atoms with E-state index in [0.29, 0.717) is 5.56 Å². The Morgan fingerprint density at radius 3 is 2.60 bits per heavy atom. The van der Waals surface area contributed by atoms with Gasteiger partial charge in [0.1, 0.15) is 0 Å². The van der Waals surface area contributed by atoms with Crippen molar-refractivity contribution >= 4 is 23.2 Å². The van der Waals surface area contributed by atoms with Crippen LogP contribution in [0.5, 0.6) is 0 Å². The highest BCUT2D eigenvalue weighted by Crippen LogP contribution is 2.21. The molecule has 0 saturated carbocycles. The van der Waals surface area contributed by atoms with Crippen LogP contribution in [0.4, 0.5) is 14.5 Å². The Balaban J connectivity index is 2.11. The fraction of sp³-hybridized carbons (Fsp3) is 0.0714. The fourth-order valence-electron chi connectivity index (χ4n) is 1.70. The molecule has 0 atom stereocenters. The predicted octanol–water partition coefficient (Wildman–Crippen LogP) is 3.13. The second-order valence-corrected chi connectivity index (χ2v) is 4.54. The topological polar surface area (TPSA) is 55.1 Å². The molecule has 0 fully saturated rings. The molecular weight excluding hydrogens is 286 g/mol. The predicted molar refractivity (Wildman–Crippen MR) is 73.4 cm³/mol. The lowest BCUT2D eigenvalue weighted by Gasteiger charge is -2.09. The summed E-state index contributed by atoms with van der Waals surface area (Å²) in [6.45, 7) is 0.0424. The highest BCUT2D eigenvalue weighted by molar-refractivity contribution is 6.34. The Labute approximate surface area is 119 Å². The molecule has 2 rings (SSSR count). The van der Waals surface area contributed by atoms with Crippen LogP contribution in [0.15, 0.2) is 36.4 Å². The van der Waals surface area contributed by atoms with E-state index >= 15 is 0 Å². The number of rotatable bonds is 3. The van der Waals surface area contributed by atoms with E-state index in [9.17, 15) is 13.6 Å². The molecule has 0 saturated heterocycles. The van der Waals surface area contributed by atoms with Gasteiger partial charge in [0, 0.05) is 12.2 Å². The van der Waals surface area contributed by atoms with Gasteiger partial charge < -0.3 is 11.1 Å². The number of hydrogen-bond donors (Lipinski definition) is 2. The van der Waals surface area contributed by atoms with Gasteiger partial charge in [0.25, 0.3) is 5.91 Å². The van der Waals surface area contributed by atoms with E-state index in [4.69, 9.17) is 17.3 Å². The molecule has 0 bridgehead atoms. The summed E-state index contributed by atoms with van der Waals surface area (Å²) in [6, 6.07) is 8.13. The van der Waals surface area contributed by atoms with Gasteiger partial charge in [0.15, 0.2) is 11.6 Å². The van der Waals surface area contributed by atoms with Gasteiger partial charge in [0.2, 0.25) is 0 Å². The Hall–Kier alpha value is -2.14. The van der Waals surface area contributed by atoms with Gasteiger partial charge in [-0.05, 0) is 29.8 Å². The van der Waals surface area contributed by atoms with Crippen molar-refractivity contribution in [1.29, 1.82) is 0 Å². The lowest BCUT2D eigenvalue weighted by molar-refractivity contribution is 0.0952. The molecular formula is C14H11ClF2N2O. The lowest BCUT2D eigenvalue weighted by atomic mass is 10.1. The summed E-state index contributed by atoms with van der Waals surface area (Å²) in [4.78, 5) is 12.0. The van der Waals surface area contributed by atoms with Gasteiger partial charge in [-0.3, -0.25) is 4.79 Å². The maximum absolute atomic E-state index is 13.0. The molecule has 1 amide bonds. The third kappa shape index (κ3) is 3.05. The van der Waals surface area contributed by atoms with Crippen molar-refractivity contribution < 1.29 is 13.6 Å². The molecule has 0 aliphatic rings. The minimum atomic E-state index is -0.964. The quantitative estimate of drug-likeness (QED) is 0.855. The summed E-state index contributed by atoms with van der Waals surface area (Å²) in [5.41, 5.74) is 6.53. The first-order valence-electron chi connectivity index (χ1n) is 5.75. The highest BCUT2D eigenvalue weighted by atomic mass is 35.5. The molecule has 0 unspecified atom stereocenters. The average molecular weight is 297 g/mol. The monoisotopic (exact) mass is 296 g/mol. The van der Waals surface area contributed by atoms with Crippen LogP contribution in [0.1, 0.15) is 15.9 Å². The summed E-state index contributed by atoms with van der Waals surface area (Å²) in [7, 11) is 0. The van der Waals surface area contributed by atoms with Crippen molar-refractivity contribution in [2.45, 2.75) is 6.54 Å². The fourth-order valence-corrected chi connectivity index (χ4v) is 1.97. The lowest BCUT2D eigenvalue weighted by Crippen LogP contribution is -2.24. The number of anilines is 1. The summed E-state index contributed by atoms with van der Waals surface area (Å²) >= 11 is 5.90. The Morgan fingerprint density at radius 1 is 1.20 bits per heavy atom. The molecule has 0 heterocycles. The maximum Gasteiger partial charge on any atom is 0.255 e. The number of hydrogen-bond acceptors (Lipinski definition) is 2. The number of amides is 1. The van der Waals surface area contributed by atoms with Crippen molar-refractivity contribution in [3.8, 4) is 0 Å². The van der Waals surface area contributed by atoms with Crippen LogP contribution in [0.2, 0.25) is 5.02 Å². The van der Waals surface area contributed by atoms with Crippen LogP contribution in [0, 0.1) is 11.6 Å². The van der Waals surface area contributed by atoms with Crippen LogP contribution in [-0.2, 0) is 6.54 Å². The first-order chi connectivity index (χ1) is 9.49. The number of nitrogens with two attached hydrogens (primary N) is 1. The van der Waals surface area contributed by atoms with Crippen LogP contribution in [0.3, 0.4) is 0 Å². The van der Waals surface area contributed by atoms with Crippen LogP contribution in [-0.4, -0.2) is 5.91 Å². The molecule has 6 heteroatoms. The Morgan fingerprint density at radius 2 is 1.95 bits per heavy atom. The summed E-state index contributed by atoms with van der Waals surface area (Å²) < 4.78 is 25.8. The molecule has 0 aromatic heterocycles. The first kappa shape index (κ1) is 14.3. The van der Waals surface area contributed by atoms with Crippen LogP contribution < -0.4 is 11.1 Å². The molecule has 2 aromatic carbocycles. The minimum absolute atomic E-state index is 0.0424. The van der Waals surface area contributed by atoms with Gasteiger partial charge >= 0.3 is 0 Å². The van der Waals surface area contributed by atoms with Gasteiger partial charge in [-0.1, -0.05) is 23.7 Å².